The first-order chi connectivity index (χ1) is 15.5. The third-order valence-electron chi connectivity index (χ3n) is 5.88. The van der Waals surface area contributed by atoms with Crippen molar-refractivity contribution in [1.82, 2.24) is 10.6 Å². The van der Waals surface area contributed by atoms with Crippen LogP contribution in [0.15, 0.2) is 48.5 Å². The Bertz CT molecular complexity index is 956. The third kappa shape index (κ3) is 4.91. The number of fused-ring (bicyclic) bond motifs is 3. The fraction of sp³-hybridized carbons (Fsp3) is 0.375. The molecule has 8 heteroatoms. The molecule has 1 fully saturated rings. The van der Waals surface area contributed by atoms with Gasteiger partial charge in [-0.1, -0.05) is 48.5 Å². The summed E-state index contributed by atoms with van der Waals surface area (Å²) in [6, 6.07) is 14.9. The van der Waals surface area contributed by atoms with E-state index in [-0.39, 0.29) is 31.4 Å². The number of carbonyl (C=O) groups is 3. The molecule has 0 saturated carbocycles. The van der Waals surface area contributed by atoms with Crippen molar-refractivity contribution in [3.63, 3.8) is 0 Å². The number of aliphatic carboxylic acids is 1. The van der Waals surface area contributed by atoms with Crippen LogP contribution < -0.4 is 10.6 Å². The predicted molar refractivity (Wildman–Crippen MR) is 116 cm³/mol. The molecule has 0 spiro atoms. The zero-order valence-electron chi connectivity index (χ0n) is 17.6. The summed E-state index contributed by atoms with van der Waals surface area (Å²) in [7, 11) is 0. The molecule has 3 N–H and O–H groups in total. The molecule has 0 bridgehead atoms. The SMILES string of the molecule is O=C(O)CCC(NC(=O)OCC1c2ccccc2-c2ccccc21)C(=O)NC1CCOC1. The summed E-state index contributed by atoms with van der Waals surface area (Å²) in [6.07, 6.45) is -0.343. The van der Waals surface area contributed by atoms with Gasteiger partial charge in [-0.05, 0) is 35.1 Å². The van der Waals surface area contributed by atoms with Crippen LogP contribution in [-0.2, 0) is 19.1 Å². The van der Waals surface area contributed by atoms with E-state index in [1.807, 2.05) is 48.5 Å². The monoisotopic (exact) mass is 438 g/mol. The number of nitrogens with one attached hydrogen (secondary N) is 2. The molecule has 1 aliphatic carbocycles. The maximum absolute atomic E-state index is 12.6. The van der Waals surface area contributed by atoms with E-state index in [1.54, 1.807) is 0 Å². The molecule has 1 saturated heterocycles. The van der Waals surface area contributed by atoms with Gasteiger partial charge in [-0.3, -0.25) is 9.59 Å². The number of amides is 2. The minimum Gasteiger partial charge on any atom is -0.481 e. The maximum Gasteiger partial charge on any atom is 0.407 e. The van der Waals surface area contributed by atoms with E-state index in [9.17, 15) is 14.4 Å². The Hall–Kier alpha value is -3.39. The molecular formula is C24H26N2O6. The van der Waals surface area contributed by atoms with Crippen LogP contribution in [0.25, 0.3) is 11.1 Å². The van der Waals surface area contributed by atoms with E-state index in [4.69, 9.17) is 14.6 Å². The van der Waals surface area contributed by atoms with Crippen molar-refractivity contribution in [1.29, 1.82) is 0 Å². The minimum absolute atomic E-state index is 0.0288. The Morgan fingerprint density at radius 3 is 2.31 bits per heavy atom. The molecule has 2 aliphatic rings. The summed E-state index contributed by atoms with van der Waals surface area (Å²) in [5.74, 6) is -1.58. The lowest BCUT2D eigenvalue weighted by molar-refractivity contribution is -0.137. The van der Waals surface area contributed by atoms with Gasteiger partial charge in [0.1, 0.15) is 12.6 Å². The van der Waals surface area contributed by atoms with E-state index < -0.39 is 24.0 Å². The van der Waals surface area contributed by atoms with Gasteiger partial charge in [-0.25, -0.2) is 4.79 Å². The van der Waals surface area contributed by atoms with Gasteiger partial charge in [0.2, 0.25) is 5.91 Å². The largest absolute Gasteiger partial charge is 0.481 e. The number of carboxylic acids is 1. The summed E-state index contributed by atoms with van der Waals surface area (Å²) in [5, 5.41) is 14.3. The van der Waals surface area contributed by atoms with Gasteiger partial charge in [-0.15, -0.1) is 0 Å². The number of alkyl carbamates (subject to hydrolysis) is 1. The van der Waals surface area contributed by atoms with Crippen LogP contribution in [0.3, 0.4) is 0 Å². The first-order valence-corrected chi connectivity index (χ1v) is 10.7. The van der Waals surface area contributed by atoms with Gasteiger partial charge >= 0.3 is 12.1 Å². The van der Waals surface area contributed by atoms with E-state index in [0.717, 1.165) is 22.3 Å². The minimum atomic E-state index is -1.04. The molecule has 0 radical (unpaired) electrons. The van der Waals surface area contributed by atoms with Crippen LogP contribution in [0.1, 0.15) is 36.3 Å². The average molecular weight is 438 g/mol. The van der Waals surface area contributed by atoms with Gasteiger partial charge in [-0.2, -0.15) is 0 Å². The number of rotatable bonds is 8. The first-order valence-electron chi connectivity index (χ1n) is 10.7. The lowest BCUT2D eigenvalue weighted by atomic mass is 9.98. The Morgan fingerprint density at radius 2 is 1.72 bits per heavy atom. The summed E-state index contributed by atoms with van der Waals surface area (Å²) < 4.78 is 10.7. The zero-order valence-corrected chi connectivity index (χ0v) is 17.6. The molecule has 2 amide bonds. The van der Waals surface area contributed by atoms with E-state index >= 15 is 0 Å². The topological polar surface area (TPSA) is 114 Å². The summed E-state index contributed by atoms with van der Waals surface area (Å²) in [5.41, 5.74) is 4.41. The molecule has 1 aliphatic heterocycles. The fourth-order valence-corrected chi connectivity index (χ4v) is 4.27. The third-order valence-corrected chi connectivity index (χ3v) is 5.88. The molecule has 4 rings (SSSR count). The Morgan fingerprint density at radius 1 is 1.06 bits per heavy atom. The second-order valence-electron chi connectivity index (χ2n) is 8.02. The van der Waals surface area contributed by atoms with Crippen LogP contribution in [0.2, 0.25) is 0 Å². The molecular weight excluding hydrogens is 412 g/mol. The van der Waals surface area contributed by atoms with E-state index in [2.05, 4.69) is 10.6 Å². The normalized spacial score (nSPS) is 17.8. The van der Waals surface area contributed by atoms with Crippen molar-refractivity contribution in [2.45, 2.75) is 37.3 Å². The summed E-state index contributed by atoms with van der Waals surface area (Å²) >= 11 is 0. The van der Waals surface area contributed by atoms with Crippen LogP contribution in [0.4, 0.5) is 4.79 Å². The lowest BCUT2D eigenvalue weighted by Gasteiger charge is -2.21. The van der Waals surface area contributed by atoms with Crippen molar-refractivity contribution in [2.24, 2.45) is 0 Å². The highest BCUT2D eigenvalue weighted by atomic mass is 16.5. The average Bonchev–Trinajstić information content (AvgIpc) is 3.41. The van der Waals surface area contributed by atoms with Gasteiger partial charge in [0.25, 0.3) is 0 Å². The number of benzene rings is 2. The fourth-order valence-electron chi connectivity index (χ4n) is 4.27. The number of carboxylic acid groups (broad SMARTS) is 1. The number of hydrogen-bond donors (Lipinski definition) is 3. The van der Waals surface area contributed by atoms with Crippen molar-refractivity contribution in [2.75, 3.05) is 19.8 Å². The Labute approximate surface area is 185 Å². The van der Waals surface area contributed by atoms with Gasteiger partial charge in [0.05, 0.1) is 12.6 Å². The van der Waals surface area contributed by atoms with Gasteiger partial charge in [0.15, 0.2) is 0 Å². The smallest absolute Gasteiger partial charge is 0.407 e. The Kier molecular flexibility index (Phi) is 6.70. The molecule has 2 aromatic carbocycles. The highest BCUT2D eigenvalue weighted by molar-refractivity contribution is 5.86. The molecule has 2 atom stereocenters. The Balaban J connectivity index is 1.39. The van der Waals surface area contributed by atoms with Gasteiger partial charge < -0.3 is 25.2 Å². The molecule has 168 valence electrons. The van der Waals surface area contributed by atoms with Crippen molar-refractivity contribution in [3.8, 4) is 11.1 Å². The number of hydrogen-bond acceptors (Lipinski definition) is 5. The van der Waals surface area contributed by atoms with Crippen molar-refractivity contribution >= 4 is 18.0 Å². The van der Waals surface area contributed by atoms with Crippen LogP contribution in [-0.4, -0.2) is 55.0 Å². The first kappa shape index (κ1) is 21.8. The lowest BCUT2D eigenvalue weighted by Crippen LogP contribution is -2.50. The molecule has 32 heavy (non-hydrogen) atoms. The van der Waals surface area contributed by atoms with Crippen LogP contribution in [0.5, 0.6) is 0 Å². The van der Waals surface area contributed by atoms with Crippen molar-refractivity contribution in [3.05, 3.63) is 59.7 Å². The van der Waals surface area contributed by atoms with Crippen molar-refractivity contribution < 1.29 is 29.0 Å². The van der Waals surface area contributed by atoms with Gasteiger partial charge in [0, 0.05) is 18.9 Å². The van der Waals surface area contributed by atoms with Crippen LogP contribution in [0, 0.1) is 0 Å². The number of carbonyl (C=O) groups excluding carboxylic acids is 2. The highest BCUT2D eigenvalue weighted by Crippen LogP contribution is 2.44. The molecule has 0 aromatic heterocycles. The second kappa shape index (κ2) is 9.82. The standard InChI is InChI=1S/C24H26N2O6/c27-22(28)10-9-21(23(29)25-15-11-12-31-13-15)26-24(30)32-14-20-18-7-3-1-5-16(18)17-6-2-4-8-19(17)20/h1-8,15,20-21H,9-14H2,(H,25,29)(H,26,30)(H,27,28). The van der Waals surface area contributed by atoms with E-state index in [0.29, 0.717) is 19.6 Å². The van der Waals surface area contributed by atoms with Crippen LogP contribution >= 0.6 is 0 Å². The predicted octanol–water partition coefficient (Wildman–Crippen LogP) is 2.66. The maximum atomic E-state index is 12.6. The molecule has 8 nitrogen and oxygen atoms in total. The number of ether oxygens (including phenoxy) is 2. The molecule has 1 heterocycles. The highest BCUT2D eigenvalue weighted by Gasteiger charge is 2.30. The molecule has 2 aromatic rings. The van der Waals surface area contributed by atoms with E-state index in [1.165, 1.54) is 0 Å². The summed E-state index contributed by atoms with van der Waals surface area (Å²) in [6.45, 7) is 1.08. The second-order valence-corrected chi connectivity index (χ2v) is 8.02. The quantitative estimate of drug-likeness (QED) is 0.584. The zero-order chi connectivity index (χ0) is 22.5. The summed E-state index contributed by atoms with van der Waals surface area (Å²) in [4.78, 5) is 36.1. The molecule has 2 unspecified atom stereocenters.